The third kappa shape index (κ3) is 8.43. The van der Waals surface area contributed by atoms with Crippen molar-refractivity contribution in [2.24, 2.45) is 0 Å². The molecule has 1 unspecified atom stereocenters. The number of rotatable bonds is 6. The summed E-state index contributed by atoms with van der Waals surface area (Å²) in [7, 11) is 0. The van der Waals surface area contributed by atoms with Gasteiger partial charge in [-0.2, -0.15) is 0 Å². The molecular weight excluding hydrogens is 188 g/mol. The maximum atomic E-state index is 11.6. The molecule has 1 amide bonds. The average molecular weight is 214 g/mol. The predicted octanol–water partition coefficient (Wildman–Crippen LogP) is 2.07. The fourth-order valence-electron chi connectivity index (χ4n) is 1.35. The van der Waals surface area contributed by atoms with E-state index in [1.807, 2.05) is 0 Å². The van der Waals surface area contributed by atoms with Gasteiger partial charge < -0.3 is 10.6 Å². The lowest BCUT2D eigenvalue weighted by molar-refractivity contribution is -0.121. The van der Waals surface area contributed by atoms with E-state index in [1.165, 1.54) is 0 Å². The van der Waals surface area contributed by atoms with Crippen LogP contribution in [0.3, 0.4) is 0 Å². The number of carbonyl (C=O) groups is 1. The van der Waals surface area contributed by atoms with Crippen LogP contribution in [0, 0.1) is 0 Å². The molecule has 0 saturated carbocycles. The van der Waals surface area contributed by atoms with Gasteiger partial charge in [0.25, 0.3) is 0 Å². The van der Waals surface area contributed by atoms with Gasteiger partial charge in [-0.1, -0.05) is 20.3 Å². The van der Waals surface area contributed by atoms with Crippen LogP contribution < -0.4 is 10.6 Å². The van der Waals surface area contributed by atoms with Crippen LogP contribution in [-0.2, 0) is 4.79 Å². The quantitative estimate of drug-likeness (QED) is 0.710. The van der Waals surface area contributed by atoms with Crippen LogP contribution in [0.2, 0.25) is 0 Å². The molecule has 0 aliphatic heterocycles. The smallest absolute Gasteiger partial charge is 0.234 e. The van der Waals surface area contributed by atoms with Crippen molar-refractivity contribution in [1.29, 1.82) is 0 Å². The molecule has 0 radical (unpaired) electrons. The highest BCUT2D eigenvalue weighted by Gasteiger charge is 2.13. The Bertz CT molecular complexity index is 185. The standard InChI is InChI=1S/C12H26N2O/c1-6-8-10(7-2)14-11(15)9-13-12(3,4)5/h10,13H,6-9H2,1-5H3,(H,14,15). The molecule has 0 aromatic heterocycles. The van der Waals surface area contributed by atoms with E-state index in [-0.39, 0.29) is 11.4 Å². The van der Waals surface area contributed by atoms with Crippen LogP contribution >= 0.6 is 0 Å². The molecule has 3 nitrogen and oxygen atoms in total. The van der Waals surface area contributed by atoms with Gasteiger partial charge in [0.05, 0.1) is 6.54 Å². The van der Waals surface area contributed by atoms with E-state index in [0.717, 1.165) is 19.3 Å². The lowest BCUT2D eigenvalue weighted by Gasteiger charge is -2.22. The molecule has 0 fully saturated rings. The minimum Gasteiger partial charge on any atom is -0.352 e. The molecule has 0 aromatic rings. The molecule has 1 atom stereocenters. The molecule has 3 heteroatoms. The lowest BCUT2D eigenvalue weighted by Crippen LogP contribution is -2.45. The van der Waals surface area contributed by atoms with Crippen LogP contribution in [0.4, 0.5) is 0 Å². The monoisotopic (exact) mass is 214 g/mol. The summed E-state index contributed by atoms with van der Waals surface area (Å²) in [5.41, 5.74) is 0.00378. The van der Waals surface area contributed by atoms with Gasteiger partial charge in [-0.3, -0.25) is 4.79 Å². The second-order valence-electron chi connectivity index (χ2n) is 5.06. The van der Waals surface area contributed by atoms with Gasteiger partial charge in [-0.05, 0) is 33.6 Å². The van der Waals surface area contributed by atoms with Crippen molar-refractivity contribution in [3.8, 4) is 0 Å². The predicted molar refractivity (Wildman–Crippen MR) is 64.9 cm³/mol. The van der Waals surface area contributed by atoms with E-state index in [0.29, 0.717) is 12.6 Å². The average Bonchev–Trinajstić information content (AvgIpc) is 2.13. The maximum absolute atomic E-state index is 11.6. The summed E-state index contributed by atoms with van der Waals surface area (Å²) in [6, 6.07) is 0.337. The molecule has 0 aliphatic carbocycles. The molecule has 0 heterocycles. The van der Waals surface area contributed by atoms with Crippen LogP contribution in [-0.4, -0.2) is 24.0 Å². The first-order chi connectivity index (χ1) is 6.89. The van der Waals surface area contributed by atoms with Crippen LogP contribution in [0.25, 0.3) is 0 Å². The van der Waals surface area contributed by atoms with E-state index < -0.39 is 0 Å². The van der Waals surface area contributed by atoms with Gasteiger partial charge in [-0.25, -0.2) is 0 Å². The van der Waals surface area contributed by atoms with Crippen molar-refractivity contribution in [2.75, 3.05) is 6.54 Å². The van der Waals surface area contributed by atoms with Gasteiger partial charge in [0, 0.05) is 11.6 Å². The number of carbonyl (C=O) groups excluding carboxylic acids is 1. The van der Waals surface area contributed by atoms with Crippen molar-refractivity contribution in [3.63, 3.8) is 0 Å². The summed E-state index contributed by atoms with van der Waals surface area (Å²) in [5.74, 6) is 0.102. The first-order valence-electron chi connectivity index (χ1n) is 5.93. The van der Waals surface area contributed by atoms with Crippen LogP contribution in [0.5, 0.6) is 0 Å². The van der Waals surface area contributed by atoms with Gasteiger partial charge in [-0.15, -0.1) is 0 Å². The number of amides is 1. The third-order valence-electron chi connectivity index (χ3n) is 2.27. The Morgan fingerprint density at radius 2 is 1.87 bits per heavy atom. The van der Waals surface area contributed by atoms with Crippen molar-refractivity contribution >= 4 is 5.91 Å². The Morgan fingerprint density at radius 1 is 1.27 bits per heavy atom. The minimum absolute atomic E-state index is 0.00378. The number of nitrogens with one attached hydrogen (secondary N) is 2. The van der Waals surface area contributed by atoms with Crippen molar-refractivity contribution in [2.45, 2.75) is 65.5 Å². The zero-order valence-corrected chi connectivity index (χ0v) is 10.8. The molecule has 0 spiro atoms. The Kier molecular flexibility index (Phi) is 6.57. The summed E-state index contributed by atoms with van der Waals surface area (Å²) in [6.45, 7) is 10.8. The second kappa shape index (κ2) is 6.83. The van der Waals surface area contributed by atoms with Crippen LogP contribution in [0.1, 0.15) is 53.9 Å². The van der Waals surface area contributed by atoms with E-state index in [9.17, 15) is 4.79 Å². The zero-order chi connectivity index (χ0) is 11.9. The lowest BCUT2D eigenvalue weighted by atomic mass is 10.1. The van der Waals surface area contributed by atoms with Crippen molar-refractivity contribution in [1.82, 2.24) is 10.6 Å². The fraction of sp³-hybridized carbons (Fsp3) is 0.917. The SMILES string of the molecule is CCCC(CC)NC(=O)CNC(C)(C)C. The Hall–Kier alpha value is -0.570. The first-order valence-corrected chi connectivity index (χ1v) is 5.93. The maximum Gasteiger partial charge on any atom is 0.234 e. The minimum atomic E-state index is 0.00378. The Balaban J connectivity index is 3.81. The number of hydrogen-bond acceptors (Lipinski definition) is 2. The highest BCUT2D eigenvalue weighted by atomic mass is 16.1. The van der Waals surface area contributed by atoms with E-state index in [2.05, 4.69) is 45.3 Å². The van der Waals surface area contributed by atoms with E-state index in [4.69, 9.17) is 0 Å². The summed E-state index contributed by atoms with van der Waals surface area (Å²) in [5, 5.41) is 6.22. The first kappa shape index (κ1) is 14.4. The molecule has 0 aliphatic rings. The Labute approximate surface area is 94.0 Å². The van der Waals surface area contributed by atoms with E-state index >= 15 is 0 Å². The summed E-state index contributed by atoms with van der Waals surface area (Å²) >= 11 is 0. The Morgan fingerprint density at radius 3 is 2.27 bits per heavy atom. The molecule has 2 N–H and O–H groups in total. The summed E-state index contributed by atoms with van der Waals surface area (Å²) in [6.07, 6.45) is 3.19. The molecular formula is C12H26N2O. The zero-order valence-electron chi connectivity index (χ0n) is 10.8. The highest BCUT2D eigenvalue weighted by molar-refractivity contribution is 5.78. The van der Waals surface area contributed by atoms with Gasteiger partial charge in [0.1, 0.15) is 0 Å². The summed E-state index contributed by atoms with van der Waals surface area (Å²) < 4.78 is 0. The second-order valence-corrected chi connectivity index (χ2v) is 5.06. The number of hydrogen-bond donors (Lipinski definition) is 2. The van der Waals surface area contributed by atoms with Crippen molar-refractivity contribution in [3.05, 3.63) is 0 Å². The summed E-state index contributed by atoms with van der Waals surface area (Å²) in [4.78, 5) is 11.6. The topological polar surface area (TPSA) is 41.1 Å². The highest BCUT2D eigenvalue weighted by Crippen LogP contribution is 2.01. The van der Waals surface area contributed by atoms with Gasteiger partial charge in [0.2, 0.25) is 5.91 Å². The largest absolute Gasteiger partial charge is 0.352 e. The molecule has 0 bridgehead atoms. The third-order valence-corrected chi connectivity index (χ3v) is 2.27. The molecule has 0 saturated heterocycles. The fourth-order valence-corrected chi connectivity index (χ4v) is 1.35. The molecule has 15 heavy (non-hydrogen) atoms. The molecule has 0 aromatic carbocycles. The van der Waals surface area contributed by atoms with Crippen LogP contribution in [0.15, 0.2) is 0 Å². The van der Waals surface area contributed by atoms with Crippen molar-refractivity contribution < 1.29 is 4.79 Å². The molecule has 90 valence electrons. The van der Waals surface area contributed by atoms with Gasteiger partial charge >= 0.3 is 0 Å². The van der Waals surface area contributed by atoms with Gasteiger partial charge in [0.15, 0.2) is 0 Å². The molecule has 0 rings (SSSR count). The normalized spacial score (nSPS) is 13.7. The van der Waals surface area contributed by atoms with E-state index in [1.54, 1.807) is 0 Å².